The molecule has 1 saturated heterocycles. The van der Waals surface area contributed by atoms with E-state index in [0.29, 0.717) is 17.6 Å². The molecule has 0 radical (unpaired) electrons. The van der Waals surface area contributed by atoms with E-state index in [9.17, 15) is 0 Å². The summed E-state index contributed by atoms with van der Waals surface area (Å²) in [6, 6.07) is 0.607. The highest BCUT2D eigenvalue weighted by Crippen LogP contribution is 2.23. The van der Waals surface area contributed by atoms with E-state index in [1.54, 1.807) is 0 Å². The van der Waals surface area contributed by atoms with Crippen LogP contribution in [0.2, 0.25) is 0 Å². The third-order valence-corrected chi connectivity index (χ3v) is 4.22. The molecule has 3 nitrogen and oxygen atoms in total. The summed E-state index contributed by atoms with van der Waals surface area (Å²) >= 11 is 0. The van der Waals surface area contributed by atoms with Gasteiger partial charge in [-0.05, 0) is 50.7 Å². The van der Waals surface area contributed by atoms with Crippen LogP contribution in [0.1, 0.15) is 53.4 Å². The summed E-state index contributed by atoms with van der Waals surface area (Å²) in [5, 5.41) is 3.72. The van der Waals surface area contributed by atoms with Crippen LogP contribution in [-0.2, 0) is 4.74 Å². The average molecular weight is 270 g/mol. The number of piperidine rings is 1. The number of ether oxygens (including phenoxy) is 1. The fourth-order valence-corrected chi connectivity index (χ4v) is 2.88. The van der Waals surface area contributed by atoms with Crippen molar-refractivity contribution in [1.82, 2.24) is 10.2 Å². The molecule has 0 aliphatic carbocycles. The summed E-state index contributed by atoms with van der Waals surface area (Å²) in [6.07, 6.45) is 5.40. The monoisotopic (exact) mass is 270 g/mol. The number of nitrogens with one attached hydrogen (secondary N) is 1. The van der Waals surface area contributed by atoms with Crippen LogP contribution < -0.4 is 5.32 Å². The minimum atomic E-state index is 0.339. The summed E-state index contributed by atoms with van der Waals surface area (Å²) in [5.41, 5.74) is 0.339. The largest absolute Gasteiger partial charge is 0.380 e. The van der Waals surface area contributed by atoms with E-state index in [2.05, 4.69) is 37.9 Å². The van der Waals surface area contributed by atoms with Crippen molar-refractivity contribution < 1.29 is 4.74 Å². The lowest BCUT2D eigenvalue weighted by Gasteiger charge is -2.36. The van der Waals surface area contributed by atoms with Crippen LogP contribution in [0.15, 0.2) is 0 Å². The molecule has 1 heterocycles. The van der Waals surface area contributed by atoms with Gasteiger partial charge in [-0.25, -0.2) is 0 Å². The quantitative estimate of drug-likeness (QED) is 0.770. The van der Waals surface area contributed by atoms with Gasteiger partial charge in [0.2, 0.25) is 0 Å². The van der Waals surface area contributed by atoms with Gasteiger partial charge in [-0.3, -0.25) is 0 Å². The highest BCUT2D eigenvalue weighted by atomic mass is 16.5. The minimum absolute atomic E-state index is 0.339. The fraction of sp³-hybridized carbons (Fsp3) is 1.00. The Bertz CT molecular complexity index is 237. The lowest BCUT2D eigenvalue weighted by atomic mass is 9.84. The summed E-state index contributed by atoms with van der Waals surface area (Å²) in [6.45, 7) is 13.9. The van der Waals surface area contributed by atoms with Gasteiger partial charge in [0.15, 0.2) is 0 Å². The summed E-state index contributed by atoms with van der Waals surface area (Å²) in [5.74, 6) is 0. The molecule has 0 aromatic carbocycles. The van der Waals surface area contributed by atoms with Gasteiger partial charge in [-0.2, -0.15) is 0 Å². The van der Waals surface area contributed by atoms with Crippen LogP contribution >= 0.6 is 0 Å². The Morgan fingerprint density at radius 1 is 1.37 bits per heavy atom. The third-order valence-electron chi connectivity index (χ3n) is 4.22. The molecule has 0 bridgehead atoms. The standard InChI is InChI=1S/C16H34N2O/c1-6-10-17-15(16(2,3)4)9-12-18-11-7-8-14(13-18)19-5/h14-15,17H,6-13H2,1-5H3. The Morgan fingerprint density at radius 3 is 2.68 bits per heavy atom. The summed E-state index contributed by atoms with van der Waals surface area (Å²) < 4.78 is 5.50. The molecule has 3 heteroatoms. The molecule has 1 rings (SSSR count). The molecule has 0 saturated carbocycles. The van der Waals surface area contributed by atoms with E-state index in [1.807, 2.05) is 7.11 Å². The second-order valence-corrected chi connectivity index (χ2v) is 6.96. The third kappa shape index (κ3) is 6.24. The van der Waals surface area contributed by atoms with E-state index in [-0.39, 0.29) is 0 Å². The zero-order chi connectivity index (χ0) is 14.3. The smallest absolute Gasteiger partial charge is 0.0698 e. The van der Waals surface area contributed by atoms with Gasteiger partial charge in [-0.1, -0.05) is 27.7 Å². The first-order valence-electron chi connectivity index (χ1n) is 7.96. The lowest BCUT2D eigenvalue weighted by molar-refractivity contribution is 0.0286. The maximum Gasteiger partial charge on any atom is 0.0698 e. The van der Waals surface area contributed by atoms with Gasteiger partial charge >= 0.3 is 0 Å². The fourth-order valence-electron chi connectivity index (χ4n) is 2.88. The molecule has 0 aromatic heterocycles. The Morgan fingerprint density at radius 2 is 2.11 bits per heavy atom. The molecule has 114 valence electrons. The zero-order valence-corrected chi connectivity index (χ0v) is 13.7. The molecular formula is C16H34N2O. The second kappa shape index (κ2) is 8.23. The highest BCUT2D eigenvalue weighted by Gasteiger charge is 2.25. The minimum Gasteiger partial charge on any atom is -0.380 e. The number of rotatable bonds is 7. The molecular weight excluding hydrogens is 236 g/mol. The van der Waals surface area contributed by atoms with Gasteiger partial charge < -0.3 is 15.0 Å². The SMILES string of the molecule is CCCNC(CCN1CCCC(OC)C1)C(C)(C)C. The number of likely N-dealkylation sites (tertiary alicyclic amines) is 1. The van der Waals surface area contributed by atoms with Gasteiger partial charge in [-0.15, -0.1) is 0 Å². The van der Waals surface area contributed by atoms with Crippen molar-refractivity contribution in [3.8, 4) is 0 Å². The van der Waals surface area contributed by atoms with Crippen LogP contribution in [0.5, 0.6) is 0 Å². The molecule has 1 N–H and O–H groups in total. The molecule has 1 aliphatic heterocycles. The number of nitrogens with zero attached hydrogens (tertiary/aromatic N) is 1. The van der Waals surface area contributed by atoms with Gasteiger partial charge in [0, 0.05) is 19.7 Å². The van der Waals surface area contributed by atoms with Crippen molar-refractivity contribution in [2.24, 2.45) is 5.41 Å². The summed E-state index contributed by atoms with van der Waals surface area (Å²) in [4.78, 5) is 2.57. The van der Waals surface area contributed by atoms with Crippen LogP contribution in [0.4, 0.5) is 0 Å². The first-order chi connectivity index (χ1) is 8.97. The van der Waals surface area contributed by atoms with Gasteiger partial charge in [0.25, 0.3) is 0 Å². The van der Waals surface area contributed by atoms with Gasteiger partial charge in [0.1, 0.15) is 0 Å². The van der Waals surface area contributed by atoms with E-state index in [4.69, 9.17) is 4.74 Å². The van der Waals surface area contributed by atoms with Crippen LogP contribution in [0.3, 0.4) is 0 Å². The molecule has 2 atom stereocenters. The van der Waals surface area contributed by atoms with Crippen LogP contribution in [0, 0.1) is 5.41 Å². The van der Waals surface area contributed by atoms with Crippen LogP contribution in [-0.4, -0.2) is 50.3 Å². The van der Waals surface area contributed by atoms with Gasteiger partial charge in [0.05, 0.1) is 6.10 Å². The first kappa shape index (κ1) is 16.9. The highest BCUT2D eigenvalue weighted by molar-refractivity contribution is 4.82. The molecule has 2 unspecified atom stereocenters. The van der Waals surface area contributed by atoms with E-state index in [1.165, 1.54) is 38.8 Å². The second-order valence-electron chi connectivity index (χ2n) is 6.96. The van der Waals surface area contributed by atoms with Crippen molar-refractivity contribution in [3.05, 3.63) is 0 Å². The number of methoxy groups -OCH3 is 1. The predicted octanol–water partition coefficient (Wildman–Crippen LogP) is 2.90. The van der Waals surface area contributed by atoms with E-state index >= 15 is 0 Å². The maximum absolute atomic E-state index is 5.50. The van der Waals surface area contributed by atoms with E-state index < -0.39 is 0 Å². The predicted molar refractivity (Wildman–Crippen MR) is 82.6 cm³/mol. The molecule has 1 aliphatic rings. The molecule has 1 fully saturated rings. The molecule has 0 aromatic rings. The summed E-state index contributed by atoms with van der Waals surface area (Å²) in [7, 11) is 1.84. The zero-order valence-electron chi connectivity index (χ0n) is 13.7. The van der Waals surface area contributed by atoms with Crippen molar-refractivity contribution >= 4 is 0 Å². The van der Waals surface area contributed by atoms with Crippen LogP contribution in [0.25, 0.3) is 0 Å². The number of hydrogen-bond acceptors (Lipinski definition) is 3. The van der Waals surface area contributed by atoms with E-state index in [0.717, 1.165) is 13.1 Å². The Balaban J connectivity index is 2.38. The normalized spacial score (nSPS) is 23.5. The topological polar surface area (TPSA) is 24.5 Å². The van der Waals surface area contributed by atoms with Crippen molar-refractivity contribution in [1.29, 1.82) is 0 Å². The maximum atomic E-state index is 5.50. The van der Waals surface area contributed by atoms with Crippen molar-refractivity contribution in [3.63, 3.8) is 0 Å². The Kier molecular flexibility index (Phi) is 7.33. The first-order valence-corrected chi connectivity index (χ1v) is 7.96. The molecule has 19 heavy (non-hydrogen) atoms. The molecule has 0 amide bonds. The number of hydrogen-bond donors (Lipinski definition) is 1. The Labute approximate surface area is 120 Å². The Hall–Kier alpha value is -0.120. The lowest BCUT2D eigenvalue weighted by Crippen LogP contribution is -2.45. The average Bonchev–Trinajstić information content (AvgIpc) is 2.37. The molecule has 0 spiro atoms. The van der Waals surface area contributed by atoms with Crippen molar-refractivity contribution in [2.45, 2.75) is 65.5 Å². The van der Waals surface area contributed by atoms with Crippen molar-refractivity contribution in [2.75, 3.05) is 33.3 Å².